The number of rotatable bonds is 5. The van der Waals surface area contributed by atoms with E-state index in [1.165, 1.54) is 57.8 Å². The lowest BCUT2D eigenvalue weighted by molar-refractivity contribution is -0.0862. The van der Waals surface area contributed by atoms with Crippen molar-refractivity contribution in [2.75, 3.05) is 0 Å². The first-order chi connectivity index (χ1) is 16.4. The highest BCUT2D eigenvalue weighted by Gasteiger charge is 2.58. The molecule has 0 aromatic carbocycles. The summed E-state index contributed by atoms with van der Waals surface area (Å²) in [5.74, 6) is 5.57. The highest BCUT2D eigenvalue weighted by molar-refractivity contribution is 6.74. The molecular weight excluding hydrogens is 473 g/mol. The number of hydrogen-bond donors (Lipinski definition) is 0. The van der Waals surface area contributed by atoms with Gasteiger partial charge in [-0.3, -0.25) is 0 Å². The summed E-state index contributed by atoms with van der Waals surface area (Å²) in [6, 6.07) is 0. The molecule has 4 aliphatic carbocycles. The minimum Gasteiger partial charge on any atom is -0.414 e. The summed E-state index contributed by atoms with van der Waals surface area (Å²) >= 11 is 0. The van der Waals surface area contributed by atoms with E-state index >= 15 is 0 Å². The molecule has 0 aromatic rings. The van der Waals surface area contributed by atoms with Gasteiger partial charge in [0, 0.05) is 12.2 Å². The van der Waals surface area contributed by atoms with Crippen LogP contribution in [0.4, 0.5) is 0 Å². The average molecular weight is 535 g/mol. The van der Waals surface area contributed by atoms with Crippen LogP contribution < -0.4 is 0 Å². The zero-order valence-corrected chi connectivity index (χ0v) is 28.3. The minimum atomic E-state index is -1.73. The lowest BCUT2D eigenvalue weighted by Crippen LogP contribution is -2.52. The Kier molecular flexibility index (Phi) is 7.96. The van der Waals surface area contributed by atoms with Gasteiger partial charge in [-0.15, -0.1) is 0 Å². The molecule has 4 saturated carbocycles. The van der Waals surface area contributed by atoms with Crippen LogP contribution in [0, 0.1) is 40.9 Å². The number of fused-ring (bicyclic) bond motifs is 5. The topological polar surface area (TPSA) is 18.5 Å². The molecule has 2 nitrogen and oxygen atoms in total. The van der Waals surface area contributed by atoms with Gasteiger partial charge in [0.25, 0.3) is 0 Å². The number of hydrogen-bond acceptors (Lipinski definition) is 2. The molecule has 0 radical (unpaired) electrons. The standard InChI is InChI=1S/C32H62O2Si2/c1-22(33-35(9,10)30(2,3)4)28-17-18-29-27-15-13-23-21-24(34-36(11,12)31(5,6)7)14-16-25(23)26(27)19-20-32(28,29)8/h22-29H,13-21H2,1-12H3/t22-,23-,24-,25?,26?,27?,28-,29?,32-/m1/s1. The monoisotopic (exact) mass is 534 g/mol. The predicted molar refractivity (Wildman–Crippen MR) is 160 cm³/mol. The Balaban J connectivity index is 1.41. The first-order valence-electron chi connectivity index (χ1n) is 15.7. The van der Waals surface area contributed by atoms with Gasteiger partial charge in [0.05, 0.1) is 0 Å². The normalized spacial score (nSPS) is 40.8. The smallest absolute Gasteiger partial charge is 0.192 e. The van der Waals surface area contributed by atoms with E-state index in [1.54, 1.807) is 0 Å². The van der Waals surface area contributed by atoms with E-state index in [0.717, 1.165) is 35.5 Å². The summed E-state index contributed by atoms with van der Waals surface area (Å²) in [5.41, 5.74) is 0.498. The van der Waals surface area contributed by atoms with Crippen LogP contribution >= 0.6 is 0 Å². The Hall–Kier alpha value is 0.354. The van der Waals surface area contributed by atoms with Gasteiger partial charge in [-0.2, -0.15) is 0 Å². The summed E-state index contributed by atoms with van der Waals surface area (Å²) in [6.07, 6.45) is 13.8. The predicted octanol–water partition coefficient (Wildman–Crippen LogP) is 10.1. The molecule has 210 valence electrons. The van der Waals surface area contributed by atoms with Crippen molar-refractivity contribution in [2.45, 2.75) is 162 Å². The van der Waals surface area contributed by atoms with Gasteiger partial charge in [-0.05, 0) is 142 Å². The van der Waals surface area contributed by atoms with E-state index in [1.807, 2.05) is 0 Å². The van der Waals surface area contributed by atoms with Gasteiger partial charge in [0.15, 0.2) is 16.6 Å². The van der Waals surface area contributed by atoms with Crippen LogP contribution in [0.1, 0.15) is 113 Å². The zero-order valence-electron chi connectivity index (χ0n) is 26.3. The third-order valence-electron chi connectivity index (χ3n) is 13.1. The van der Waals surface area contributed by atoms with Crippen LogP contribution in [-0.4, -0.2) is 28.8 Å². The maximum absolute atomic E-state index is 7.03. The molecule has 36 heavy (non-hydrogen) atoms. The van der Waals surface area contributed by atoms with E-state index in [2.05, 4.69) is 81.6 Å². The summed E-state index contributed by atoms with van der Waals surface area (Å²) in [6.45, 7) is 29.3. The first kappa shape index (κ1) is 29.3. The van der Waals surface area contributed by atoms with Crippen molar-refractivity contribution in [3.63, 3.8) is 0 Å². The van der Waals surface area contributed by atoms with Crippen molar-refractivity contribution in [3.8, 4) is 0 Å². The maximum Gasteiger partial charge on any atom is 0.192 e. The lowest BCUT2D eigenvalue weighted by atomic mass is 9.49. The Labute approximate surface area is 227 Å². The highest BCUT2D eigenvalue weighted by atomic mass is 28.4. The molecule has 0 bridgehead atoms. The van der Waals surface area contributed by atoms with Gasteiger partial charge in [0.1, 0.15) is 0 Å². The van der Waals surface area contributed by atoms with E-state index < -0.39 is 16.6 Å². The van der Waals surface area contributed by atoms with Crippen LogP contribution in [-0.2, 0) is 8.85 Å². The van der Waals surface area contributed by atoms with Gasteiger partial charge >= 0.3 is 0 Å². The van der Waals surface area contributed by atoms with Crippen molar-refractivity contribution in [2.24, 2.45) is 40.9 Å². The molecule has 4 aliphatic rings. The molecule has 4 heteroatoms. The average Bonchev–Trinajstić information content (AvgIpc) is 3.08. The van der Waals surface area contributed by atoms with Crippen LogP contribution in [0.2, 0.25) is 36.3 Å². The van der Waals surface area contributed by atoms with Crippen LogP contribution in [0.5, 0.6) is 0 Å². The highest BCUT2D eigenvalue weighted by Crippen LogP contribution is 2.65. The van der Waals surface area contributed by atoms with Crippen LogP contribution in [0.15, 0.2) is 0 Å². The second-order valence-corrected chi connectivity index (χ2v) is 26.6. The van der Waals surface area contributed by atoms with Gasteiger partial charge in [-0.25, -0.2) is 0 Å². The van der Waals surface area contributed by atoms with Crippen molar-refractivity contribution in [3.05, 3.63) is 0 Å². The summed E-state index contributed by atoms with van der Waals surface area (Å²) < 4.78 is 14.0. The summed E-state index contributed by atoms with van der Waals surface area (Å²) in [4.78, 5) is 0. The Morgan fingerprint density at radius 2 is 1.33 bits per heavy atom. The van der Waals surface area contributed by atoms with E-state index in [4.69, 9.17) is 8.85 Å². The molecule has 0 N–H and O–H groups in total. The SMILES string of the molecule is C[C@@H](O[Si](C)(C)C(C)(C)C)[C@H]1CCC2C3CC[C@@H]4C[C@H](O[Si](C)(C)C(C)(C)C)CCC4C3CC[C@@]21C. The fourth-order valence-electron chi connectivity index (χ4n) is 9.05. The molecule has 4 unspecified atom stereocenters. The van der Waals surface area contributed by atoms with Gasteiger partial charge in [-0.1, -0.05) is 48.5 Å². The zero-order chi connectivity index (χ0) is 26.9. The summed E-state index contributed by atoms with van der Waals surface area (Å²) in [7, 11) is -3.40. The molecule has 0 aromatic heterocycles. The molecule has 0 aliphatic heterocycles. The van der Waals surface area contributed by atoms with Crippen molar-refractivity contribution in [1.29, 1.82) is 0 Å². The maximum atomic E-state index is 7.03. The quantitative estimate of drug-likeness (QED) is 0.327. The molecule has 9 atom stereocenters. The first-order valence-corrected chi connectivity index (χ1v) is 21.5. The van der Waals surface area contributed by atoms with Crippen molar-refractivity contribution >= 4 is 16.6 Å². The second kappa shape index (κ2) is 9.77. The molecule has 4 fully saturated rings. The van der Waals surface area contributed by atoms with E-state index in [0.29, 0.717) is 27.7 Å². The summed E-state index contributed by atoms with van der Waals surface area (Å²) in [5, 5.41) is 0.614. The Morgan fingerprint density at radius 3 is 1.94 bits per heavy atom. The molecular formula is C32H62O2Si2. The minimum absolute atomic E-state index is 0.295. The van der Waals surface area contributed by atoms with Gasteiger partial charge < -0.3 is 8.85 Å². The second-order valence-electron chi connectivity index (χ2n) is 17.1. The molecule has 0 spiro atoms. The van der Waals surface area contributed by atoms with Crippen molar-refractivity contribution in [1.82, 2.24) is 0 Å². The van der Waals surface area contributed by atoms with Crippen LogP contribution in [0.25, 0.3) is 0 Å². The fourth-order valence-corrected chi connectivity index (χ4v) is 11.9. The third kappa shape index (κ3) is 5.25. The van der Waals surface area contributed by atoms with Gasteiger partial charge in [0.2, 0.25) is 0 Å². The molecule has 0 saturated heterocycles. The molecule has 0 heterocycles. The fraction of sp³-hybridized carbons (Fsp3) is 1.00. The van der Waals surface area contributed by atoms with E-state index in [9.17, 15) is 0 Å². The largest absolute Gasteiger partial charge is 0.414 e. The van der Waals surface area contributed by atoms with Crippen LogP contribution in [0.3, 0.4) is 0 Å². The Morgan fingerprint density at radius 1 is 0.722 bits per heavy atom. The van der Waals surface area contributed by atoms with Crippen molar-refractivity contribution < 1.29 is 8.85 Å². The molecule has 0 amide bonds. The third-order valence-corrected chi connectivity index (χ3v) is 22.2. The van der Waals surface area contributed by atoms with E-state index in [-0.39, 0.29) is 0 Å². The Bertz CT molecular complexity index is 778. The lowest BCUT2D eigenvalue weighted by Gasteiger charge is -2.57. The molecule has 4 rings (SSSR count).